The van der Waals surface area contributed by atoms with E-state index in [0.29, 0.717) is 19.6 Å². The van der Waals surface area contributed by atoms with E-state index in [4.69, 9.17) is 10.5 Å². The summed E-state index contributed by atoms with van der Waals surface area (Å²) < 4.78 is 34.8. The zero-order valence-electron chi connectivity index (χ0n) is 15.4. The Bertz CT molecular complexity index is 1110. The summed E-state index contributed by atoms with van der Waals surface area (Å²) in [5.41, 5.74) is 6.21. The number of hydrogen-bond donors (Lipinski definition) is 1. The largest absolute Gasteiger partial charge is 0.496 e. The zero-order chi connectivity index (χ0) is 20.1. The number of methoxy groups -OCH3 is 1. The number of carbonyl (C=O) groups is 1. The second-order valence-electron chi connectivity index (χ2n) is 7.25. The average molecular weight is 403 g/mol. The van der Waals surface area contributed by atoms with Crippen molar-refractivity contribution in [3.05, 3.63) is 58.0 Å². The van der Waals surface area contributed by atoms with E-state index >= 15 is 0 Å². The fraction of sp³-hybridized carbons (Fsp3) is 0.368. The Balaban J connectivity index is 1.70. The fourth-order valence-electron chi connectivity index (χ4n) is 4.24. The van der Waals surface area contributed by atoms with Crippen LogP contribution in [-0.2, 0) is 16.6 Å². The zero-order valence-corrected chi connectivity index (χ0v) is 16.2. The van der Waals surface area contributed by atoms with Crippen molar-refractivity contribution in [1.29, 1.82) is 0 Å². The quantitative estimate of drug-likeness (QED) is 0.810. The van der Waals surface area contributed by atoms with E-state index in [-0.39, 0.29) is 33.6 Å². The van der Waals surface area contributed by atoms with Gasteiger partial charge in [-0.05, 0) is 36.6 Å². The first-order valence-electron chi connectivity index (χ1n) is 8.99. The van der Waals surface area contributed by atoms with Crippen LogP contribution in [0.25, 0.3) is 0 Å². The van der Waals surface area contributed by atoms with Gasteiger partial charge in [0.25, 0.3) is 11.5 Å². The van der Waals surface area contributed by atoms with E-state index in [1.54, 1.807) is 10.6 Å². The van der Waals surface area contributed by atoms with Crippen molar-refractivity contribution in [3.8, 4) is 5.75 Å². The van der Waals surface area contributed by atoms with E-state index in [0.717, 1.165) is 12.1 Å². The summed E-state index contributed by atoms with van der Waals surface area (Å²) in [7, 11) is -2.43. The monoisotopic (exact) mass is 403 g/mol. The second-order valence-corrected chi connectivity index (χ2v) is 9.18. The molecule has 3 heterocycles. The van der Waals surface area contributed by atoms with Crippen molar-refractivity contribution in [3.63, 3.8) is 0 Å². The molecule has 2 N–H and O–H groups in total. The maximum absolute atomic E-state index is 13.2. The third kappa shape index (κ3) is 3.00. The molecule has 4 rings (SSSR count). The topological polar surface area (TPSA) is 112 Å². The van der Waals surface area contributed by atoms with Gasteiger partial charge in [-0.1, -0.05) is 6.07 Å². The van der Waals surface area contributed by atoms with Crippen molar-refractivity contribution >= 4 is 15.9 Å². The second kappa shape index (κ2) is 6.75. The van der Waals surface area contributed by atoms with Gasteiger partial charge in [-0.25, -0.2) is 8.42 Å². The highest BCUT2D eigenvalue weighted by Gasteiger charge is 2.39. The predicted octanol–water partition coefficient (Wildman–Crippen LogP) is 0.764. The molecule has 0 saturated carbocycles. The lowest BCUT2D eigenvalue weighted by Gasteiger charge is -2.42. The van der Waals surface area contributed by atoms with Crippen molar-refractivity contribution in [2.75, 3.05) is 20.2 Å². The van der Waals surface area contributed by atoms with Crippen LogP contribution in [0.1, 0.15) is 28.4 Å². The number of ether oxygens (including phenoxy) is 1. The molecule has 2 aliphatic rings. The number of pyridine rings is 1. The lowest BCUT2D eigenvalue weighted by atomic mass is 9.84. The number of aromatic nitrogens is 1. The van der Waals surface area contributed by atoms with E-state index in [2.05, 4.69) is 0 Å². The number of nitrogens with two attached hydrogens (primary N) is 1. The third-order valence-electron chi connectivity index (χ3n) is 5.52. The van der Waals surface area contributed by atoms with Crippen LogP contribution in [0.5, 0.6) is 5.75 Å². The van der Waals surface area contributed by atoms with Gasteiger partial charge in [-0.15, -0.1) is 0 Å². The summed E-state index contributed by atoms with van der Waals surface area (Å²) in [4.78, 5) is 23.8. The number of sulfonamides is 1. The van der Waals surface area contributed by atoms with E-state index in [1.807, 2.05) is 6.07 Å². The van der Waals surface area contributed by atoms with E-state index < -0.39 is 15.9 Å². The molecule has 0 radical (unpaired) electrons. The molecule has 8 nitrogen and oxygen atoms in total. The van der Waals surface area contributed by atoms with Crippen LogP contribution in [0.4, 0.5) is 0 Å². The molecule has 2 aliphatic heterocycles. The molecule has 2 atom stereocenters. The lowest BCUT2D eigenvalue weighted by Crippen LogP contribution is -2.49. The fourth-order valence-corrected chi connectivity index (χ4v) is 5.83. The Labute approximate surface area is 162 Å². The summed E-state index contributed by atoms with van der Waals surface area (Å²) >= 11 is 0. The van der Waals surface area contributed by atoms with Crippen molar-refractivity contribution in [2.24, 2.45) is 11.7 Å². The highest BCUT2D eigenvalue weighted by Crippen LogP contribution is 2.37. The van der Waals surface area contributed by atoms with Crippen molar-refractivity contribution in [1.82, 2.24) is 8.87 Å². The summed E-state index contributed by atoms with van der Waals surface area (Å²) in [6.45, 7) is 1.13. The summed E-state index contributed by atoms with van der Waals surface area (Å²) in [6.07, 6.45) is 0.852. The standard InChI is InChI=1S/C19H21N3O5S/c1-27-17-6-5-14(8-15(17)19(20)24)28(25,26)21-9-12-7-13(11-21)16-3-2-4-18(23)22(16)10-12/h2-6,8,12-13H,7,9-11H2,1H3,(H2,20,24)/t12-,13+/m1/s1. The normalized spacial score (nSPS) is 21.8. The molecular weight excluding hydrogens is 382 g/mol. The lowest BCUT2D eigenvalue weighted by molar-refractivity contribution is 0.0997. The van der Waals surface area contributed by atoms with Gasteiger partial charge in [0.2, 0.25) is 10.0 Å². The molecule has 0 aliphatic carbocycles. The molecule has 0 unspecified atom stereocenters. The molecule has 1 aromatic heterocycles. The van der Waals surface area contributed by atoms with Gasteiger partial charge < -0.3 is 15.0 Å². The molecule has 1 aromatic carbocycles. The highest BCUT2D eigenvalue weighted by molar-refractivity contribution is 7.89. The number of hydrogen-bond acceptors (Lipinski definition) is 5. The molecule has 2 bridgehead atoms. The number of primary amides is 1. The minimum atomic E-state index is -3.82. The number of benzene rings is 1. The number of piperidine rings is 1. The van der Waals surface area contributed by atoms with Crippen LogP contribution in [-0.4, -0.2) is 43.4 Å². The minimum absolute atomic E-state index is 0.00697. The van der Waals surface area contributed by atoms with Crippen LogP contribution in [0.3, 0.4) is 0 Å². The first-order valence-corrected chi connectivity index (χ1v) is 10.4. The van der Waals surface area contributed by atoms with Gasteiger partial charge in [0.15, 0.2) is 0 Å². The number of fused-ring (bicyclic) bond motifs is 4. The molecule has 1 fully saturated rings. The van der Waals surface area contributed by atoms with Crippen LogP contribution < -0.4 is 16.0 Å². The van der Waals surface area contributed by atoms with E-state index in [9.17, 15) is 18.0 Å². The van der Waals surface area contributed by atoms with Crippen LogP contribution in [0, 0.1) is 5.92 Å². The Hall–Kier alpha value is -2.65. The first kappa shape index (κ1) is 18.7. The molecule has 9 heteroatoms. The van der Waals surface area contributed by atoms with E-state index in [1.165, 1.54) is 35.7 Å². The van der Waals surface area contributed by atoms with Gasteiger partial charge in [0.1, 0.15) is 5.75 Å². The Morgan fingerprint density at radius 1 is 1.18 bits per heavy atom. The van der Waals surface area contributed by atoms with Crippen molar-refractivity contribution in [2.45, 2.75) is 23.8 Å². The first-order chi connectivity index (χ1) is 13.3. The van der Waals surface area contributed by atoms with Gasteiger partial charge in [-0.3, -0.25) is 9.59 Å². The smallest absolute Gasteiger partial charge is 0.252 e. The molecule has 28 heavy (non-hydrogen) atoms. The molecule has 1 saturated heterocycles. The van der Waals surface area contributed by atoms with Gasteiger partial charge in [0.05, 0.1) is 17.6 Å². The molecule has 0 spiro atoms. The number of carbonyl (C=O) groups excluding carboxylic acids is 1. The molecule has 1 amide bonds. The SMILES string of the molecule is COc1ccc(S(=O)(=O)N2C[C@H]3C[C@@H](C2)c2cccc(=O)n2C3)cc1C(N)=O. The number of rotatable bonds is 4. The van der Waals surface area contributed by atoms with Crippen LogP contribution in [0.15, 0.2) is 46.1 Å². The number of nitrogens with zero attached hydrogens (tertiary/aromatic N) is 2. The summed E-state index contributed by atoms with van der Waals surface area (Å²) in [5, 5.41) is 0. The van der Waals surface area contributed by atoms with Crippen LogP contribution >= 0.6 is 0 Å². The average Bonchev–Trinajstić information content (AvgIpc) is 2.68. The predicted molar refractivity (Wildman–Crippen MR) is 102 cm³/mol. The number of amides is 1. The Morgan fingerprint density at radius 3 is 2.68 bits per heavy atom. The minimum Gasteiger partial charge on any atom is -0.496 e. The Kier molecular flexibility index (Phi) is 4.51. The summed E-state index contributed by atoms with van der Waals surface area (Å²) in [6, 6.07) is 9.25. The molecular formula is C19H21N3O5S. The molecule has 2 aromatic rings. The van der Waals surface area contributed by atoms with Gasteiger partial charge >= 0.3 is 0 Å². The van der Waals surface area contributed by atoms with Gasteiger partial charge in [0, 0.05) is 37.3 Å². The molecule has 148 valence electrons. The summed E-state index contributed by atoms with van der Waals surface area (Å²) in [5.74, 6) is -0.493. The highest BCUT2D eigenvalue weighted by atomic mass is 32.2. The third-order valence-corrected chi connectivity index (χ3v) is 7.35. The van der Waals surface area contributed by atoms with Crippen LogP contribution in [0.2, 0.25) is 0 Å². The Morgan fingerprint density at radius 2 is 1.96 bits per heavy atom. The van der Waals surface area contributed by atoms with Gasteiger partial charge in [-0.2, -0.15) is 4.31 Å². The maximum atomic E-state index is 13.2. The maximum Gasteiger partial charge on any atom is 0.252 e. The van der Waals surface area contributed by atoms with Crippen molar-refractivity contribution < 1.29 is 17.9 Å².